The van der Waals surface area contributed by atoms with Gasteiger partial charge in [0.15, 0.2) is 5.43 Å². The number of anilines is 1. The molecule has 0 bridgehead atoms. The van der Waals surface area contributed by atoms with Gasteiger partial charge in [0.05, 0.1) is 23.3 Å². The number of fused-ring (bicyclic) bond motifs is 1. The Morgan fingerprint density at radius 1 is 1.11 bits per heavy atom. The zero-order chi connectivity index (χ0) is 26.1. The number of aromatic nitrogens is 2. The van der Waals surface area contributed by atoms with Crippen LogP contribution >= 0.6 is 0 Å². The van der Waals surface area contributed by atoms with Gasteiger partial charge in [0.2, 0.25) is 0 Å². The number of nitrogens with one attached hydrogen (secondary N) is 1. The fraction of sp³-hybridized carbons (Fsp3) is 0.167. The van der Waals surface area contributed by atoms with Gasteiger partial charge in [-0.15, -0.1) is 0 Å². The maximum Gasteiger partial charge on any atom is 0.337 e. The van der Waals surface area contributed by atoms with Crippen LogP contribution in [-0.2, 0) is 6.54 Å². The second kappa shape index (κ2) is 9.78. The van der Waals surface area contributed by atoms with Crippen molar-refractivity contribution in [2.24, 2.45) is 0 Å². The molecule has 0 spiro atoms. The lowest BCUT2D eigenvalue weighted by atomic mass is 9.98. The number of carboxylic acid groups (broad SMARTS) is 1. The molecule has 1 unspecified atom stereocenters. The van der Waals surface area contributed by atoms with Gasteiger partial charge in [-0.2, -0.15) is 0 Å². The highest BCUT2D eigenvalue weighted by atomic mass is 16.4. The number of imidazole rings is 1. The largest absolute Gasteiger partial charge is 0.478 e. The molecule has 1 atom stereocenters. The molecule has 0 radical (unpaired) electrons. The van der Waals surface area contributed by atoms with Crippen molar-refractivity contribution in [3.8, 4) is 11.3 Å². The van der Waals surface area contributed by atoms with E-state index in [2.05, 4.69) is 10.3 Å². The quantitative estimate of drug-likeness (QED) is 0.280. The van der Waals surface area contributed by atoms with E-state index >= 15 is 0 Å². The van der Waals surface area contributed by atoms with Crippen molar-refractivity contribution in [3.05, 3.63) is 117 Å². The first kappa shape index (κ1) is 24.1. The summed E-state index contributed by atoms with van der Waals surface area (Å²) in [6.45, 7) is 6.35. The highest BCUT2D eigenvalue weighted by Gasteiger charge is 2.20. The lowest BCUT2D eigenvalue weighted by Gasteiger charge is -2.20. The van der Waals surface area contributed by atoms with Gasteiger partial charge in [0.25, 0.3) is 0 Å². The Labute approximate surface area is 214 Å². The maximum absolute atomic E-state index is 13.5. The monoisotopic (exact) mass is 493 g/mol. The molecular weight excluding hydrogens is 466 g/mol. The molecule has 7 nitrogen and oxygen atoms in total. The van der Waals surface area contributed by atoms with Crippen LogP contribution in [0.1, 0.15) is 45.6 Å². The average molecular weight is 494 g/mol. The number of carboxylic acids is 1. The number of para-hydroxylation sites is 1. The molecule has 37 heavy (non-hydrogen) atoms. The van der Waals surface area contributed by atoms with E-state index in [1.54, 1.807) is 43.7 Å². The molecule has 5 aromatic rings. The van der Waals surface area contributed by atoms with Crippen molar-refractivity contribution in [1.29, 1.82) is 0 Å². The molecular formula is C30H27N3O4. The van der Waals surface area contributed by atoms with E-state index in [0.29, 0.717) is 34.5 Å². The molecule has 2 heterocycles. The third-order valence-corrected chi connectivity index (χ3v) is 6.53. The van der Waals surface area contributed by atoms with Crippen LogP contribution in [0.2, 0.25) is 0 Å². The number of hydrogen-bond donors (Lipinski definition) is 2. The molecule has 2 N–H and O–H groups in total. The minimum absolute atomic E-state index is 0.0816. The highest BCUT2D eigenvalue weighted by molar-refractivity contribution is 5.94. The van der Waals surface area contributed by atoms with E-state index in [4.69, 9.17) is 4.42 Å². The summed E-state index contributed by atoms with van der Waals surface area (Å²) in [7, 11) is 0. The lowest BCUT2D eigenvalue weighted by molar-refractivity contribution is 0.0698. The molecule has 5 rings (SSSR count). The number of benzene rings is 3. The molecule has 0 amide bonds. The van der Waals surface area contributed by atoms with E-state index in [0.717, 1.165) is 22.3 Å². The van der Waals surface area contributed by atoms with Crippen LogP contribution < -0.4 is 10.7 Å². The van der Waals surface area contributed by atoms with Gasteiger partial charge in [-0.25, -0.2) is 9.78 Å². The van der Waals surface area contributed by atoms with E-state index in [1.165, 1.54) is 0 Å². The standard InChI is InChI=1S/C30H27N3O4/c1-18-14-24(20(3)32-26-7-5-4-6-23(26)30(35)36)29-25(15-18)27(34)19(2)28(37-29)22-10-8-21(9-11-22)16-33-13-12-31-17-33/h4-15,17,20,32H,16H2,1-3H3,(H,35,36). The van der Waals surface area contributed by atoms with Crippen molar-refractivity contribution >= 4 is 22.6 Å². The van der Waals surface area contributed by atoms with E-state index in [9.17, 15) is 14.7 Å². The third-order valence-electron chi connectivity index (χ3n) is 6.53. The first-order valence-electron chi connectivity index (χ1n) is 12.0. The molecule has 3 aromatic carbocycles. The first-order chi connectivity index (χ1) is 17.8. The number of hydrogen-bond acceptors (Lipinski definition) is 5. The summed E-state index contributed by atoms with van der Waals surface area (Å²) in [4.78, 5) is 29.2. The van der Waals surface area contributed by atoms with Crippen molar-refractivity contribution in [3.63, 3.8) is 0 Å². The topological polar surface area (TPSA) is 97.4 Å². The normalized spacial score (nSPS) is 12.0. The Bertz CT molecular complexity index is 1650. The van der Waals surface area contributed by atoms with Crippen LogP contribution in [0.3, 0.4) is 0 Å². The van der Waals surface area contributed by atoms with Crippen molar-refractivity contribution in [2.45, 2.75) is 33.4 Å². The molecule has 0 fully saturated rings. The van der Waals surface area contributed by atoms with Gasteiger partial charge in [-0.05, 0) is 50.1 Å². The summed E-state index contributed by atoms with van der Waals surface area (Å²) in [6, 6.07) is 18.2. The lowest BCUT2D eigenvalue weighted by Crippen LogP contribution is -2.14. The van der Waals surface area contributed by atoms with Gasteiger partial charge in [-0.3, -0.25) is 4.79 Å². The number of rotatable bonds is 7. The number of aryl methyl sites for hydroxylation is 1. The van der Waals surface area contributed by atoms with Crippen molar-refractivity contribution < 1.29 is 14.3 Å². The highest BCUT2D eigenvalue weighted by Crippen LogP contribution is 2.32. The number of nitrogens with zero attached hydrogens (tertiary/aromatic N) is 2. The van der Waals surface area contributed by atoms with Crippen LogP contribution in [0.25, 0.3) is 22.3 Å². The zero-order valence-electron chi connectivity index (χ0n) is 20.9. The predicted octanol–water partition coefficient (Wildman–Crippen LogP) is 6.19. The molecule has 2 aromatic heterocycles. The van der Waals surface area contributed by atoms with Crippen LogP contribution in [0.4, 0.5) is 5.69 Å². The van der Waals surface area contributed by atoms with Gasteiger partial charge < -0.3 is 19.4 Å². The van der Waals surface area contributed by atoms with Crippen molar-refractivity contribution in [2.75, 3.05) is 5.32 Å². The van der Waals surface area contributed by atoms with Crippen molar-refractivity contribution in [1.82, 2.24) is 9.55 Å². The molecule has 0 saturated heterocycles. The fourth-order valence-electron chi connectivity index (χ4n) is 4.62. The fourth-order valence-corrected chi connectivity index (χ4v) is 4.62. The Morgan fingerprint density at radius 3 is 2.57 bits per heavy atom. The van der Waals surface area contributed by atoms with Crippen LogP contribution in [0, 0.1) is 13.8 Å². The maximum atomic E-state index is 13.5. The van der Waals surface area contributed by atoms with E-state index in [-0.39, 0.29) is 17.0 Å². The Kier molecular flexibility index (Phi) is 6.36. The summed E-state index contributed by atoms with van der Waals surface area (Å²) in [5, 5.41) is 13.4. The number of carbonyl (C=O) groups is 1. The molecule has 0 aliphatic carbocycles. The van der Waals surface area contributed by atoms with Crippen LogP contribution in [0.15, 0.2) is 88.6 Å². The second-order valence-electron chi connectivity index (χ2n) is 9.26. The van der Waals surface area contributed by atoms with E-state index < -0.39 is 5.97 Å². The van der Waals surface area contributed by atoms with E-state index in [1.807, 2.05) is 61.0 Å². The van der Waals surface area contributed by atoms with Gasteiger partial charge in [0, 0.05) is 41.3 Å². The molecule has 0 aliphatic heterocycles. The van der Waals surface area contributed by atoms with Gasteiger partial charge >= 0.3 is 5.97 Å². The summed E-state index contributed by atoms with van der Waals surface area (Å²) in [5.41, 5.74) is 5.26. The molecule has 7 heteroatoms. The predicted molar refractivity (Wildman–Crippen MR) is 144 cm³/mol. The SMILES string of the molecule is Cc1cc(C(C)Nc2ccccc2C(=O)O)c2oc(-c3ccc(Cn4ccnc4)cc3)c(C)c(=O)c2c1. The Balaban J connectivity index is 1.57. The molecule has 0 saturated carbocycles. The van der Waals surface area contributed by atoms with Gasteiger partial charge in [-0.1, -0.05) is 42.5 Å². The van der Waals surface area contributed by atoms with Crippen LogP contribution in [-0.4, -0.2) is 20.6 Å². The summed E-state index contributed by atoms with van der Waals surface area (Å²) < 4.78 is 8.44. The molecule has 186 valence electrons. The zero-order valence-corrected chi connectivity index (χ0v) is 20.9. The van der Waals surface area contributed by atoms with Crippen LogP contribution in [0.5, 0.6) is 0 Å². The summed E-state index contributed by atoms with van der Waals surface area (Å²) in [5.74, 6) is -0.486. The summed E-state index contributed by atoms with van der Waals surface area (Å²) in [6.07, 6.45) is 5.43. The average Bonchev–Trinajstić information content (AvgIpc) is 3.40. The Morgan fingerprint density at radius 2 is 1.86 bits per heavy atom. The third kappa shape index (κ3) is 4.76. The number of aromatic carboxylic acids is 1. The first-order valence-corrected chi connectivity index (χ1v) is 12.0. The minimum Gasteiger partial charge on any atom is -0.478 e. The molecule has 0 aliphatic rings. The summed E-state index contributed by atoms with van der Waals surface area (Å²) >= 11 is 0. The minimum atomic E-state index is -1.01. The second-order valence-corrected chi connectivity index (χ2v) is 9.26. The van der Waals surface area contributed by atoms with Gasteiger partial charge in [0.1, 0.15) is 11.3 Å². The Hall–Kier alpha value is -4.65. The smallest absolute Gasteiger partial charge is 0.337 e.